The van der Waals surface area contributed by atoms with Crippen LogP contribution in [0.2, 0.25) is 0 Å². The first-order valence-corrected chi connectivity index (χ1v) is 9.01. The Bertz CT molecular complexity index is 863. The zero-order valence-electron chi connectivity index (χ0n) is 15.5. The predicted molar refractivity (Wildman–Crippen MR) is 102 cm³/mol. The minimum absolute atomic E-state index is 0.0677. The van der Waals surface area contributed by atoms with Crippen molar-refractivity contribution in [2.45, 2.75) is 6.18 Å². The molecule has 0 unspecified atom stereocenters. The fourth-order valence-corrected chi connectivity index (χ4v) is 2.84. The van der Waals surface area contributed by atoms with Crippen LogP contribution in [0.5, 0.6) is 0 Å². The largest absolute Gasteiger partial charge is 0.416 e. The number of anilines is 2. The van der Waals surface area contributed by atoms with E-state index in [1.165, 1.54) is 12.1 Å². The van der Waals surface area contributed by atoms with Crippen molar-refractivity contribution in [3.63, 3.8) is 0 Å². The highest BCUT2D eigenvalue weighted by atomic mass is 19.4. The van der Waals surface area contributed by atoms with E-state index in [-0.39, 0.29) is 18.1 Å². The first kappa shape index (κ1) is 20.7. The summed E-state index contributed by atoms with van der Waals surface area (Å²) >= 11 is 0. The Kier molecular flexibility index (Phi) is 6.38. The van der Waals surface area contributed by atoms with Gasteiger partial charge in [0.1, 0.15) is 0 Å². The second-order valence-electron chi connectivity index (χ2n) is 6.46. The van der Waals surface area contributed by atoms with Crippen molar-refractivity contribution in [1.82, 2.24) is 4.90 Å². The van der Waals surface area contributed by atoms with Crippen LogP contribution in [0.1, 0.15) is 15.9 Å². The van der Waals surface area contributed by atoms with Crippen LogP contribution in [0.4, 0.5) is 24.5 Å². The molecule has 2 amide bonds. The molecule has 1 aliphatic heterocycles. The summed E-state index contributed by atoms with van der Waals surface area (Å²) in [6.45, 7) is 2.01. The summed E-state index contributed by atoms with van der Waals surface area (Å²) in [7, 11) is 0. The summed E-state index contributed by atoms with van der Waals surface area (Å²) in [5.41, 5.74) is 0.385. The molecule has 0 atom stereocenters. The second-order valence-corrected chi connectivity index (χ2v) is 6.46. The van der Waals surface area contributed by atoms with Crippen LogP contribution >= 0.6 is 0 Å². The minimum Gasteiger partial charge on any atom is -0.378 e. The number of carbonyl (C=O) groups is 2. The van der Waals surface area contributed by atoms with Gasteiger partial charge in [-0.3, -0.25) is 9.59 Å². The number of nitrogens with zero attached hydrogens (tertiary/aromatic N) is 1. The van der Waals surface area contributed by atoms with Crippen LogP contribution in [0.3, 0.4) is 0 Å². The van der Waals surface area contributed by atoms with Gasteiger partial charge in [-0.15, -0.1) is 0 Å². The van der Waals surface area contributed by atoms with Crippen molar-refractivity contribution in [2.75, 3.05) is 43.5 Å². The van der Waals surface area contributed by atoms with E-state index in [1.54, 1.807) is 29.2 Å². The molecule has 6 nitrogen and oxygen atoms in total. The molecule has 29 heavy (non-hydrogen) atoms. The normalized spacial score (nSPS) is 14.4. The third-order valence-corrected chi connectivity index (χ3v) is 4.36. The molecule has 0 saturated carbocycles. The van der Waals surface area contributed by atoms with Gasteiger partial charge in [0.05, 0.1) is 25.3 Å². The van der Waals surface area contributed by atoms with Gasteiger partial charge in [-0.25, -0.2) is 0 Å². The summed E-state index contributed by atoms with van der Waals surface area (Å²) in [6.07, 6.45) is -4.47. The summed E-state index contributed by atoms with van der Waals surface area (Å²) in [5.74, 6) is -0.570. The molecule has 0 aromatic heterocycles. The molecule has 2 N–H and O–H groups in total. The van der Waals surface area contributed by atoms with Gasteiger partial charge in [-0.1, -0.05) is 6.07 Å². The minimum atomic E-state index is -4.47. The molecular weight excluding hydrogens is 387 g/mol. The Morgan fingerprint density at radius 3 is 2.34 bits per heavy atom. The molecule has 2 aromatic carbocycles. The third kappa shape index (κ3) is 5.71. The van der Waals surface area contributed by atoms with E-state index in [2.05, 4.69) is 10.6 Å². The molecule has 154 valence electrons. The molecule has 0 spiro atoms. The van der Waals surface area contributed by atoms with E-state index in [0.29, 0.717) is 37.6 Å². The molecule has 2 aromatic rings. The average molecular weight is 407 g/mol. The van der Waals surface area contributed by atoms with Crippen molar-refractivity contribution in [1.29, 1.82) is 0 Å². The van der Waals surface area contributed by atoms with Crippen LogP contribution in [0.15, 0.2) is 48.5 Å². The zero-order chi connectivity index (χ0) is 20.9. The standard InChI is InChI=1S/C20H20F3N3O3/c21-20(22,23)15-2-1-3-17(12-15)25-18(27)13-24-16-6-4-14(5-7-16)19(28)26-8-10-29-11-9-26/h1-7,12,24H,8-11,13H2,(H,25,27). The number of rotatable bonds is 5. The fraction of sp³-hybridized carbons (Fsp3) is 0.300. The Labute approximate surface area is 165 Å². The lowest BCUT2D eigenvalue weighted by molar-refractivity contribution is -0.137. The van der Waals surface area contributed by atoms with E-state index >= 15 is 0 Å². The number of hydrogen-bond donors (Lipinski definition) is 2. The van der Waals surface area contributed by atoms with Crippen LogP contribution in [0.25, 0.3) is 0 Å². The number of amides is 2. The SMILES string of the molecule is O=C(CNc1ccc(C(=O)N2CCOCC2)cc1)Nc1cccc(C(F)(F)F)c1. The molecule has 0 aliphatic carbocycles. The molecule has 0 radical (unpaired) electrons. The molecule has 9 heteroatoms. The summed E-state index contributed by atoms with van der Waals surface area (Å²) in [5, 5.41) is 5.30. The predicted octanol–water partition coefficient (Wildman–Crippen LogP) is 3.23. The molecule has 1 saturated heterocycles. The highest BCUT2D eigenvalue weighted by Crippen LogP contribution is 2.30. The Morgan fingerprint density at radius 1 is 1.00 bits per heavy atom. The number of benzene rings is 2. The van der Waals surface area contributed by atoms with E-state index < -0.39 is 17.6 Å². The van der Waals surface area contributed by atoms with Gasteiger partial charge in [-0.2, -0.15) is 13.2 Å². The molecule has 1 heterocycles. The average Bonchev–Trinajstić information content (AvgIpc) is 2.72. The van der Waals surface area contributed by atoms with Gasteiger partial charge in [0.15, 0.2) is 0 Å². The number of morpholine rings is 1. The summed E-state index contributed by atoms with van der Waals surface area (Å²) < 4.78 is 43.4. The number of hydrogen-bond acceptors (Lipinski definition) is 4. The number of nitrogens with one attached hydrogen (secondary N) is 2. The molecule has 0 bridgehead atoms. The van der Waals surface area contributed by atoms with Gasteiger partial charge in [-0.05, 0) is 42.5 Å². The van der Waals surface area contributed by atoms with Crippen molar-refractivity contribution in [2.24, 2.45) is 0 Å². The van der Waals surface area contributed by atoms with E-state index in [4.69, 9.17) is 4.74 Å². The van der Waals surface area contributed by atoms with Crippen LogP contribution in [0, 0.1) is 0 Å². The van der Waals surface area contributed by atoms with Crippen molar-refractivity contribution < 1.29 is 27.5 Å². The molecular formula is C20H20F3N3O3. The number of halogens is 3. The smallest absolute Gasteiger partial charge is 0.378 e. The van der Waals surface area contributed by atoms with Crippen LogP contribution in [-0.2, 0) is 15.7 Å². The van der Waals surface area contributed by atoms with Gasteiger partial charge < -0.3 is 20.3 Å². The van der Waals surface area contributed by atoms with Gasteiger partial charge >= 0.3 is 6.18 Å². The third-order valence-electron chi connectivity index (χ3n) is 4.36. The van der Waals surface area contributed by atoms with Crippen molar-refractivity contribution >= 4 is 23.2 Å². The molecule has 3 rings (SSSR count). The number of carbonyl (C=O) groups excluding carboxylic acids is 2. The van der Waals surface area contributed by atoms with E-state index in [0.717, 1.165) is 12.1 Å². The maximum atomic E-state index is 12.7. The van der Waals surface area contributed by atoms with Crippen molar-refractivity contribution in [3.05, 3.63) is 59.7 Å². The summed E-state index contributed by atoms with van der Waals surface area (Å²) in [4.78, 5) is 26.1. The second kappa shape index (κ2) is 8.95. The lowest BCUT2D eigenvalue weighted by Gasteiger charge is -2.26. The lowest BCUT2D eigenvalue weighted by atomic mass is 10.1. The van der Waals surface area contributed by atoms with E-state index in [9.17, 15) is 22.8 Å². The van der Waals surface area contributed by atoms with Crippen LogP contribution < -0.4 is 10.6 Å². The summed E-state index contributed by atoms with van der Waals surface area (Å²) in [6, 6.07) is 11.1. The maximum absolute atomic E-state index is 12.7. The zero-order valence-corrected chi connectivity index (χ0v) is 15.5. The van der Waals surface area contributed by atoms with Crippen LogP contribution in [-0.4, -0.2) is 49.6 Å². The maximum Gasteiger partial charge on any atom is 0.416 e. The van der Waals surface area contributed by atoms with Crippen molar-refractivity contribution in [3.8, 4) is 0 Å². The number of ether oxygens (including phenoxy) is 1. The monoisotopic (exact) mass is 407 g/mol. The lowest BCUT2D eigenvalue weighted by Crippen LogP contribution is -2.40. The molecule has 1 aliphatic rings. The highest BCUT2D eigenvalue weighted by molar-refractivity contribution is 5.95. The number of alkyl halides is 3. The molecule has 1 fully saturated rings. The Morgan fingerprint density at radius 2 is 1.69 bits per heavy atom. The van der Waals surface area contributed by atoms with Gasteiger partial charge in [0, 0.05) is 30.0 Å². The Balaban J connectivity index is 1.52. The highest BCUT2D eigenvalue weighted by Gasteiger charge is 2.30. The van der Waals surface area contributed by atoms with Gasteiger partial charge in [0.2, 0.25) is 5.91 Å². The van der Waals surface area contributed by atoms with Gasteiger partial charge in [0.25, 0.3) is 5.91 Å². The fourth-order valence-electron chi connectivity index (χ4n) is 2.84. The topological polar surface area (TPSA) is 70.7 Å². The first-order valence-electron chi connectivity index (χ1n) is 9.01. The Hall–Kier alpha value is -3.07. The quantitative estimate of drug-likeness (QED) is 0.799. The van der Waals surface area contributed by atoms with E-state index in [1.807, 2.05) is 0 Å². The first-order chi connectivity index (χ1) is 13.8.